The summed E-state index contributed by atoms with van der Waals surface area (Å²) in [6, 6.07) is 6.29. The average molecular weight is 257 g/mol. The predicted molar refractivity (Wildman–Crippen MR) is 57.0 cm³/mol. The maximum atomic E-state index is 13.0. The first-order valence-electron chi connectivity index (χ1n) is 4.94. The van der Waals surface area contributed by atoms with Gasteiger partial charge in [0.25, 0.3) is 5.56 Å². The Balaban J connectivity index is 2.61. The number of rotatable bonds is 1. The molecular formula is C12H7F4NO. The molecule has 0 aliphatic heterocycles. The van der Waals surface area contributed by atoms with Gasteiger partial charge in [-0.05, 0) is 24.3 Å². The molecule has 6 heteroatoms. The van der Waals surface area contributed by atoms with Crippen LogP contribution in [0, 0.1) is 5.82 Å². The largest absolute Gasteiger partial charge is 0.417 e. The number of nitrogens with zero attached hydrogens (tertiary/aromatic N) is 1. The number of halogens is 4. The third-order valence-corrected chi connectivity index (χ3v) is 2.32. The summed E-state index contributed by atoms with van der Waals surface area (Å²) < 4.78 is 51.3. The number of benzene rings is 1. The molecule has 94 valence electrons. The van der Waals surface area contributed by atoms with Crippen LogP contribution in [-0.4, -0.2) is 4.57 Å². The molecular weight excluding hydrogens is 250 g/mol. The minimum absolute atomic E-state index is 0.0473. The fraction of sp³-hybridized carbons (Fsp3) is 0.0833. The maximum Gasteiger partial charge on any atom is 0.417 e. The molecule has 0 saturated carbocycles. The highest BCUT2D eigenvalue weighted by Gasteiger charge is 2.31. The number of alkyl halides is 3. The normalized spacial score (nSPS) is 11.6. The van der Waals surface area contributed by atoms with Gasteiger partial charge in [-0.3, -0.25) is 9.36 Å². The Bertz CT molecular complexity index is 630. The van der Waals surface area contributed by atoms with Gasteiger partial charge in [-0.15, -0.1) is 0 Å². The zero-order valence-electron chi connectivity index (χ0n) is 8.91. The van der Waals surface area contributed by atoms with Crippen LogP contribution < -0.4 is 5.56 Å². The molecule has 0 aliphatic carbocycles. The monoisotopic (exact) mass is 257 g/mol. The molecule has 2 nitrogen and oxygen atoms in total. The fourth-order valence-electron chi connectivity index (χ4n) is 1.48. The van der Waals surface area contributed by atoms with Crippen LogP contribution in [0.15, 0.2) is 47.4 Å². The Kier molecular flexibility index (Phi) is 2.94. The number of aromatic nitrogens is 1. The molecule has 0 spiro atoms. The van der Waals surface area contributed by atoms with Crippen LogP contribution in [0.1, 0.15) is 5.56 Å². The summed E-state index contributed by atoms with van der Waals surface area (Å²) in [6.07, 6.45) is -3.90. The Morgan fingerprint density at radius 2 is 1.78 bits per heavy atom. The van der Waals surface area contributed by atoms with Gasteiger partial charge in [0.2, 0.25) is 0 Å². The van der Waals surface area contributed by atoms with E-state index in [-0.39, 0.29) is 5.69 Å². The van der Waals surface area contributed by atoms with Gasteiger partial charge in [0.05, 0.1) is 11.3 Å². The van der Waals surface area contributed by atoms with E-state index in [1.165, 1.54) is 12.1 Å². The van der Waals surface area contributed by atoms with Gasteiger partial charge in [-0.25, -0.2) is 4.39 Å². The molecule has 2 rings (SSSR count). The Morgan fingerprint density at radius 1 is 1.06 bits per heavy atom. The quantitative estimate of drug-likeness (QED) is 0.720. The Hall–Kier alpha value is -2.11. The third kappa shape index (κ3) is 2.42. The van der Waals surface area contributed by atoms with Crippen molar-refractivity contribution in [1.29, 1.82) is 0 Å². The molecule has 2 aromatic rings. The lowest BCUT2D eigenvalue weighted by Gasteiger charge is -2.10. The standard InChI is InChI=1S/C12H7F4NO/c13-9-2-1-3-10(6-9)17-7-8(12(14,15)16)4-5-11(17)18/h1-7H. The Morgan fingerprint density at radius 3 is 2.39 bits per heavy atom. The second-order valence-corrected chi connectivity index (χ2v) is 3.60. The molecule has 1 heterocycles. The van der Waals surface area contributed by atoms with Crippen LogP contribution in [0.4, 0.5) is 17.6 Å². The van der Waals surface area contributed by atoms with Crippen molar-refractivity contribution in [3.8, 4) is 5.69 Å². The highest BCUT2D eigenvalue weighted by molar-refractivity contribution is 5.33. The van der Waals surface area contributed by atoms with Crippen molar-refractivity contribution in [2.75, 3.05) is 0 Å². The summed E-state index contributed by atoms with van der Waals surface area (Å²) in [5.41, 5.74) is -1.58. The SMILES string of the molecule is O=c1ccc(C(F)(F)F)cn1-c1cccc(F)c1. The van der Waals surface area contributed by atoms with E-state index in [2.05, 4.69) is 0 Å². The molecule has 1 aromatic heterocycles. The van der Waals surface area contributed by atoms with Crippen LogP contribution in [0.5, 0.6) is 0 Å². The van der Waals surface area contributed by atoms with Crippen molar-refractivity contribution < 1.29 is 17.6 Å². The fourth-order valence-corrected chi connectivity index (χ4v) is 1.48. The Labute approximate surface area is 99.1 Å². The second-order valence-electron chi connectivity index (χ2n) is 3.60. The lowest BCUT2D eigenvalue weighted by atomic mass is 10.2. The van der Waals surface area contributed by atoms with Gasteiger partial charge < -0.3 is 0 Å². The molecule has 0 radical (unpaired) electrons. The van der Waals surface area contributed by atoms with E-state index in [0.717, 1.165) is 22.8 Å². The molecule has 0 saturated heterocycles. The number of pyridine rings is 1. The highest BCUT2D eigenvalue weighted by atomic mass is 19.4. The second kappa shape index (κ2) is 4.29. The van der Waals surface area contributed by atoms with E-state index in [1.807, 2.05) is 0 Å². The van der Waals surface area contributed by atoms with E-state index < -0.39 is 23.1 Å². The van der Waals surface area contributed by atoms with Gasteiger partial charge in [0.15, 0.2) is 0 Å². The van der Waals surface area contributed by atoms with Crippen molar-refractivity contribution in [2.24, 2.45) is 0 Å². The van der Waals surface area contributed by atoms with E-state index in [4.69, 9.17) is 0 Å². The van der Waals surface area contributed by atoms with Crippen molar-refractivity contribution in [3.63, 3.8) is 0 Å². The first-order chi connectivity index (χ1) is 8.38. The lowest BCUT2D eigenvalue weighted by Crippen LogP contribution is -2.19. The molecule has 0 bridgehead atoms. The topological polar surface area (TPSA) is 22.0 Å². The first-order valence-corrected chi connectivity index (χ1v) is 4.94. The van der Waals surface area contributed by atoms with Gasteiger partial charge >= 0.3 is 6.18 Å². The highest BCUT2D eigenvalue weighted by Crippen LogP contribution is 2.28. The zero-order valence-corrected chi connectivity index (χ0v) is 8.91. The van der Waals surface area contributed by atoms with Crippen LogP contribution in [0.25, 0.3) is 5.69 Å². The smallest absolute Gasteiger partial charge is 0.284 e. The molecule has 0 fully saturated rings. The number of hydrogen-bond acceptors (Lipinski definition) is 1. The van der Waals surface area contributed by atoms with Crippen LogP contribution in [0.2, 0.25) is 0 Å². The molecule has 0 unspecified atom stereocenters. The van der Waals surface area contributed by atoms with E-state index in [9.17, 15) is 22.4 Å². The summed E-state index contributed by atoms with van der Waals surface area (Å²) >= 11 is 0. The van der Waals surface area contributed by atoms with Crippen molar-refractivity contribution in [3.05, 3.63) is 64.3 Å². The van der Waals surface area contributed by atoms with Crippen LogP contribution in [0.3, 0.4) is 0 Å². The summed E-state index contributed by atoms with van der Waals surface area (Å²) in [7, 11) is 0. The molecule has 1 aromatic carbocycles. The first kappa shape index (κ1) is 12.3. The lowest BCUT2D eigenvalue weighted by molar-refractivity contribution is -0.138. The van der Waals surface area contributed by atoms with E-state index >= 15 is 0 Å². The average Bonchev–Trinajstić information content (AvgIpc) is 2.28. The third-order valence-electron chi connectivity index (χ3n) is 2.32. The zero-order chi connectivity index (χ0) is 13.3. The van der Waals surface area contributed by atoms with Crippen molar-refractivity contribution in [1.82, 2.24) is 4.57 Å². The van der Waals surface area contributed by atoms with Gasteiger partial charge in [-0.2, -0.15) is 13.2 Å². The predicted octanol–water partition coefficient (Wildman–Crippen LogP) is 3.00. The van der Waals surface area contributed by atoms with Gasteiger partial charge in [-0.1, -0.05) is 6.07 Å². The molecule has 0 atom stereocenters. The van der Waals surface area contributed by atoms with Crippen molar-refractivity contribution >= 4 is 0 Å². The van der Waals surface area contributed by atoms with E-state index in [1.54, 1.807) is 0 Å². The van der Waals surface area contributed by atoms with E-state index in [0.29, 0.717) is 12.3 Å². The van der Waals surface area contributed by atoms with Crippen LogP contribution in [-0.2, 0) is 6.18 Å². The summed E-state index contributed by atoms with van der Waals surface area (Å²) in [5.74, 6) is -0.628. The molecule has 0 N–H and O–H groups in total. The minimum Gasteiger partial charge on any atom is -0.284 e. The molecule has 0 aliphatic rings. The van der Waals surface area contributed by atoms with Crippen molar-refractivity contribution in [2.45, 2.75) is 6.18 Å². The summed E-state index contributed by atoms with van der Waals surface area (Å²) in [4.78, 5) is 11.5. The van der Waals surface area contributed by atoms with Crippen LogP contribution >= 0.6 is 0 Å². The molecule has 18 heavy (non-hydrogen) atoms. The molecule has 0 amide bonds. The van der Waals surface area contributed by atoms with Gasteiger partial charge in [0, 0.05) is 12.3 Å². The maximum absolute atomic E-state index is 13.0. The summed E-state index contributed by atoms with van der Waals surface area (Å²) in [6.45, 7) is 0. The van der Waals surface area contributed by atoms with Gasteiger partial charge in [0.1, 0.15) is 5.82 Å². The minimum atomic E-state index is -4.55. The summed E-state index contributed by atoms with van der Waals surface area (Å²) in [5, 5.41) is 0. The number of hydrogen-bond donors (Lipinski definition) is 0.